The summed E-state index contributed by atoms with van der Waals surface area (Å²) in [6.45, 7) is 2.15. The Morgan fingerprint density at radius 1 is 1.23 bits per heavy atom. The zero-order valence-corrected chi connectivity index (χ0v) is 12.4. The van der Waals surface area contributed by atoms with E-state index in [1.165, 1.54) is 18.2 Å². The molecule has 0 aromatic heterocycles. The van der Waals surface area contributed by atoms with Gasteiger partial charge in [-0.05, 0) is 31.5 Å². The molecule has 0 aliphatic heterocycles. The van der Waals surface area contributed by atoms with Crippen LogP contribution in [0.3, 0.4) is 0 Å². The van der Waals surface area contributed by atoms with Gasteiger partial charge in [-0.2, -0.15) is 0 Å². The van der Waals surface area contributed by atoms with E-state index < -0.39 is 11.7 Å². The number of ether oxygens (including phenoxy) is 1. The number of carbonyl (C=O) groups excluding carboxylic acids is 3. The molecule has 6 nitrogen and oxygen atoms in total. The third-order valence-electron chi connectivity index (χ3n) is 2.68. The van der Waals surface area contributed by atoms with Crippen molar-refractivity contribution in [1.29, 1.82) is 0 Å². The number of benzene rings is 1. The lowest BCUT2D eigenvalue weighted by molar-refractivity contribution is -0.143. The third-order valence-corrected chi connectivity index (χ3v) is 2.68. The summed E-state index contributed by atoms with van der Waals surface area (Å²) in [5.74, 6) is -1.73. The highest BCUT2D eigenvalue weighted by Gasteiger charge is 2.08. The van der Waals surface area contributed by atoms with Crippen molar-refractivity contribution in [3.8, 4) is 0 Å². The summed E-state index contributed by atoms with van der Waals surface area (Å²) >= 11 is 0. The number of esters is 1. The van der Waals surface area contributed by atoms with Crippen LogP contribution in [0.4, 0.5) is 4.39 Å². The SMILES string of the molecule is CCOC(=O)CCCNC(=O)CNC(=O)c1cccc(F)c1. The molecular weight excluding hydrogens is 291 g/mol. The van der Waals surface area contributed by atoms with E-state index in [-0.39, 0.29) is 30.4 Å². The van der Waals surface area contributed by atoms with Gasteiger partial charge in [-0.1, -0.05) is 6.07 Å². The van der Waals surface area contributed by atoms with E-state index >= 15 is 0 Å². The number of carbonyl (C=O) groups is 3. The predicted molar refractivity (Wildman–Crippen MR) is 77.6 cm³/mol. The minimum absolute atomic E-state index is 0.148. The monoisotopic (exact) mass is 310 g/mol. The number of hydrogen-bond acceptors (Lipinski definition) is 4. The molecule has 7 heteroatoms. The minimum atomic E-state index is -0.527. The molecular formula is C15H19FN2O4. The van der Waals surface area contributed by atoms with Crippen LogP contribution in [0.1, 0.15) is 30.1 Å². The first-order chi connectivity index (χ1) is 10.5. The van der Waals surface area contributed by atoms with Crippen LogP contribution >= 0.6 is 0 Å². The first kappa shape index (κ1) is 17.6. The fourth-order valence-corrected chi connectivity index (χ4v) is 1.65. The summed E-state index contributed by atoms with van der Waals surface area (Å²) in [4.78, 5) is 34.2. The van der Waals surface area contributed by atoms with Crippen molar-refractivity contribution in [1.82, 2.24) is 10.6 Å². The van der Waals surface area contributed by atoms with Crippen molar-refractivity contribution in [2.45, 2.75) is 19.8 Å². The van der Waals surface area contributed by atoms with Gasteiger partial charge in [0, 0.05) is 18.5 Å². The fraction of sp³-hybridized carbons (Fsp3) is 0.400. The molecule has 0 bridgehead atoms. The average molecular weight is 310 g/mol. The molecule has 0 heterocycles. The van der Waals surface area contributed by atoms with E-state index in [0.29, 0.717) is 19.6 Å². The quantitative estimate of drug-likeness (QED) is 0.554. The molecule has 1 aromatic carbocycles. The van der Waals surface area contributed by atoms with Crippen molar-refractivity contribution in [2.75, 3.05) is 19.7 Å². The van der Waals surface area contributed by atoms with Crippen molar-refractivity contribution in [2.24, 2.45) is 0 Å². The number of hydrogen-bond donors (Lipinski definition) is 2. The summed E-state index contributed by atoms with van der Waals surface area (Å²) in [6.07, 6.45) is 0.687. The number of halogens is 1. The molecule has 120 valence electrons. The maximum absolute atomic E-state index is 13.0. The second-order valence-electron chi connectivity index (χ2n) is 4.45. The summed E-state index contributed by atoms with van der Waals surface area (Å²) in [5.41, 5.74) is 0.148. The van der Waals surface area contributed by atoms with Gasteiger partial charge in [0.15, 0.2) is 0 Å². The van der Waals surface area contributed by atoms with Crippen LogP contribution in [-0.4, -0.2) is 37.5 Å². The lowest BCUT2D eigenvalue weighted by Gasteiger charge is -2.07. The molecule has 1 aromatic rings. The molecule has 0 aliphatic rings. The highest BCUT2D eigenvalue weighted by Crippen LogP contribution is 2.02. The Morgan fingerprint density at radius 3 is 2.68 bits per heavy atom. The molecule has 1 rings (SSSR count). The largest absolute Gasteiger partial charge is 0.466 e. The van der Waals surface area contributed by atoms with Gasteiger partial charge < -0.3 is 15.4 Å². The number of rotatable bonds is 8. The van der Waals surface area contributed by atoms with E-state index in [2.05, 4.69) is 10.6 Å². The van der Waals surface area contributed by atoms with Crippen LogP contribution in [0.2, 0.25) is 0 Å². The van der Waals surface area contributed by atoms with Crippen LogP contribution in [0.25, 0.3) is 0 Å². The fourth-order valence-electron chi connectivity index (χ4n) is 1.65. The van der Waals surface area contributed by atoms with E-state index in [1.807, 2.05) is 0 Å². The summed E-state index contributed by atoms with van der Waals surface area (Å²) in [7, 11) is 0. The van der Waals surface area contributed by atoms with Crippen molar-refractivity contribution >= 4 is 17.8 Å². The zero-order valence-electron chi connectivity index (χ0n) is 12.4. The summed E-state index contributed by atoms with van der Waals surface area (Å²) < 4.78 is 17.7. The molecule has 0 spiro atoms. The highest BCUT2D eigenvalue weighted by atomic mass is 19.1. The molecule has 0 unspecified atom stereocenters. The third kappa shape index (κ3) is 6.83. The van der Waals surface area contributed by atoms with Crippen LogP contribution in [0.15, 0.2) is 24.3 Å². The first-order valence-electron chi connectivity index (χ1n) is 6.99. The first-order valence-corrected chi connectivity index (χ1v) is 6.99. The van der Waals surface area contributed by atoms with Crippen LogP contribution in [-0.2, 0) is 14.3 Å². The molecule has 0 atom stereocenters. The highest BCUT2D eigenvalue weighted by molar-refractivity contribution is 5.96. The molecule has 0 aliphatic carbocycles. The van der Waals surface area contributed by atoms with Gasteiger partial charge in [-0.15, -0.1) is 0 Å². The van der Waals surface area contributed by atoms with Gasteiger partial charge in [-0.25, -0.2) is 4.39 Å². The Kier molecular flexibility index (Phi) is 7.60. The van der Waals surface area contributed by atoms with Crippen LogP contribution in [0, 0.1) is 5.82 Å². The standard InChI is InChI=1S/C15H19FN2O4/c1-2-22-14(20)7-4-8-17-13(19)10-18-15(21)11-5-3-6-12(16)9-11/h3,5-6,9H,2,4,7-8,10H2,1H3,(H,17,19)(H,18,21). The van der Waals surface area contributed by atoms with Crippen molar-refractivity contribution < 1.29 is 23.5 Å². The molecule has 0 saturated carbocycles. The lowest BCUT2D eigenvalue weighted by Crippen LogP contribution is -2.37. The van der Waals surface area contributed by atoms with Crippen molar-refractivity contribution in [3.63, 3.8) is 0 Å². The molecule has 2 amide bonds. The Morgan fingerprint density at radius 2 is 2.00 bits per heavy atom. The second-order valence-corrected chi connectivity index (χ2v) is 4.45. The molecule has 2 N–H and O–H groups in total. The average Bonchev–Trinajstić information content (AvgIpc) is 2.49. The Labute approximate surface area is 128 Å². The van der Waals surface area contributed by atoms with Crippen molar-refractivity contribution in [3.05, 3.63) is 35.6 Å². The minimum Gasteiger partial charge on any atom is -0.466 e. The number of nitrogens with one attached hydrogen (secondary N) is 2. The number of amides is 2. The normalized spacial score (nSPS) is 9.91. The van der Waals surface area contributed by atoms with Gasteiger partial charge in [-0.3, -0.25) is 14.4 Å². The van der Waals surface area contributed by atoms with E-state index in [4.69, 9.17) is 4.74 Å². The van der Waals surface area contributed by atoms with Gasteiger partial charge in [0.1, 0.15) is 5.82 Å². The molecule has 0 fully saturated rings. The van der Waals surface area contributed by atoms with E-state index in [9.17, 15) is 18.8 Å². The molecule has 22 heavy (non-hydrogen) atoms. The topological polar surface area (TPSA) is 84.5 Å². The van der Waals surface area contributed by atoms with E-state index in [0.717, 1.165) is 6.07 Å². The van der Waals surface area contributed by atoms with Gasteiger partial charge in [0.25, 0.3) is 5.91 Å². The Balaban J connectivity index is 2.20. The molecule has 0 radical (unpaired) electrons. The van der Waals surface area contributed by atoms with Crippen LogP contribution < -0.4 is 10.6 Å². The maximum atomic E-state index is 13.0. The second kappa shape index (κ2) is 9.49. The zero-order chi connectivity index (χ0) is 16.4. The lowest BCUT2D eigenvalue weighted by atomic mass is 10.2. The van der Waals surface area contributed by atoms with Gasteiger partial charge >= 0.3 is 5.97 Å². The van der Waals surface area contributed by atoms with E-state index in [1.54, 1.807) is 6.92 Å². The maximum Gasteiger partial charge on any atom is 0.305 e. The Hall–Kier alpha value is -2.44. The predicted octanol–water partition coefficient (Wildman–Crippen LogP) is 1.01. The van der Waals surface area contributed by atoms with Gasteiger partial charge in [0.05, 0.1) is 13.2 Å². The van der Waals surface area contributed by atoms with Gasteiger partial charge in [0.2, 0.25) is 5.91 Å². The summed E-state index contributed by atoms with van der Waals surface area (Å²) in [6, 6.07) is 5.19. The summed E-state index contributed by atoms with van der Waals surface area (Å²) in [5, 5.41) is 4.95. The van der Waals surface area contributed by atoms with Crippen LogP contribution in [0.5, 0.6) is 0 Å². The Bertz CT molecular complexity index is 534. The molecule has 0 saturated heterocycles. The smallest absolute Gasteiger partial charge is 0.305 e.